The van der Waals surface area contributed by atoms with Gasteiger partial charge in [-0.15, -0.1) is 0 Å². The lowest BCUT2D eigenvalue weighted by atomic mass is 10.2. The quantitative estimate of drug-likeness (QED) is 0.798. The molecule has 0 radical (unpaired) electrons. The molecule has 20 heavy (non-hydrogen) atoms. The second-order valence-corrected chi connectivity index (χ2v) is 4.14. The third kappa shape index (κ3) is 3.11. The van der Waals surface area contributed by atoms with Crippen LogP contribution in [0.4, 0.5) is 14.5 Å². The number of anilines is 1. The Labute approximate surface area is 113 Å². The molecule has 1 aromatic heterocycles. The monoisotopic (exact) mass is 281 g/mol. The summed E-state index contributed by atoms with van der Waals surface area (Å²) in [7, 11) is 0. The van der Waals surface area contributed by atoms with Gasteiger partial charge in [-0.05, 0) is 24.6 Å². The van der Waals surface area contributed by atoms with Crippen LogP contribution in [0.1, 0.15) is 16.8 Å². The Morgan fingerprint density at radius 1 is 1.35 bits per heavy atom. The summed E-state index contributed by atoms with van der Waals surface area (Å²) in [6.07, 6.45) is 4.14. The molecule has 0 saturated heterocycles. The number of carbonyl (C=O) groups is 1. The molecule has 7 heteroatoms. The van der Waals surface area contributed by atoms with Gasteiger partial charge in [0.2, 0.25) is 0 Å². The van der Waals surface area contributed by atoms with Crippen molar-refractivity contribution >= 4 is 11.7 Å². The van der Waals surface area contributed by atoms with Crippen LogP contribution in [0, 0.1) is 11.6 Å². The molecule has 0 unspecified atom stereocenters. The van der Waals surface area contributed by atoms with Crippen molar-refractivity contribution in [1.82, 2.24) is 9.78 Å². The minimum atomic E-state index is -1.49. The van der Waals surface area contributed by atoms with E-state index in [1.807, 2.05) is 6.20 Å². The Morgan fingerprint density at radius 3 is 2.80 bits per heavy atom. The fourth-order valence-corrected chi connectivity index (χ4v) is 1.75. The van der Waals surface area contributed by atoms with E-state index in [0.29, 0.717) is 19.5 Å². The fourth-order valence-electron chi connectivity index (χ4n) is 1.75. The van der Waals surface area contributed by atoms with Gasteiger partial charge in [0, 0.05) is 25.5 Å². The van der Waals surface area contributed by atoms with Crippen molar-refractivity contribution in [3.63, 3.8) is 0 Å². The molecule has 0 amide bonds. The topological polar surface area (TPSA) is 67.2 Å². The number of hydrogen-bond acceptors (Lipinski definition) is 3. The zero-order chi connectivity index (χ0) is 14.5. The van der Waals surface area contributed by atoms with Crippen molar-refractivity contribution in [3.8, 4) is 0 Å². The zero-order valence-electron chi connectivity index (χ0n) is 10.5. The summed E-state index contributed by atoms with van der Waals surface area (Å²) in [4.78, 5) is 10.6. The molecule has 2 N–H and O–H groups in total. The highest BCUT2D eigenvalue weighted by atomic mass is 19.2. The van der Waals surface area contributed by atoms with E-state index in [4.69, 9.17) is 5.11 Å². The number of aromatic carboxylic acids is 1. The van der Waals surface area contributed by atoms with E-state index in [2.05, 4.69) is 10.4 Å². The summed E-state index contributed by atoms with van der Waals surface area (Å²) in [6, 6.07) is 4.06. The number of nitrogens with one attached hydrogen (secondary N) is 1. The summed E-state index contributed by atoms with van der Waals surface area (Å²) in [5, 5.41) is 15.4. The van der Waals surface area contributed by atoms with Crippen molar-refractivity contribution in [2.75, 3.05) is 11.9 Å². The van der Waals surface area contributed by atoms with E-state index in [9.17, 15) is 13.6 Å². The average Bonchev–Trinajstić information content (AvgIpc) is 2.92. The highest BCUT2D eigenvalue weighted by Gasteiger charge is 2.17. The van der Waals surface area contributed by atoms with Gasteiger partial charge in [0.15, 0.2) is 11.6 Å². The number of benzene rings is 1. The maximum atomic E-state index is 13.6. The van der Waals surface area contributed by atoms with Crippen LogP contribution >= 0.6 is 0 Å². The van der Waals surface area contributed by atoms with Gasteiger partial charge in [-0.2, -0.15) is 5.10 Å². The molecule has 106 valence electrons. The second kappa shape index (κ2) is 6.14. The predicted octanol–water partition coefficient (Wildman–Crippen LogP) is 2.36. The first kappa shape index (κ1) is 14.0. The molecular weight excluding hydrogens is 268 g/mol. The number of nitrogens with zero attached hydrogens (tertiary/aromatic N) is 2. The van der Waals surface area contributed by atoms with Gasteiger partial charge in [0.25, 0.3) is 0 Å². The molecule has 0 bridgehead atoms. The summed E-state index contributed by atoms with van der Waals surface area (Å²) in [6.45, 7) is 1.07. The lowest BCUT2D eigenvalue weighted by Crippen LogP contribution is -2.10. The van der Waals surface area contributed by atoms with Gasteiger partial charge in [-0.3, -0.25) is 4.68 Å². The van der Waals surface area contributed by atoms with Crippen LogP contribution in [0.15, 0.2) is 30.6 Å². The molecular formula is C13H13F2N3O2. The third-order valence-corrected chi connectivity index (χ3v) is 2.75. The number of aromatic nitrogens is 2. The molecule has 0 aliphatic heterocycles. The molecule has 5 nitrogen and oxygen atoms in total. The van der Waals surface area contributed by atoms with Gasteiger partial charge in [-0.1, -0.05) is 0 Å². The van der Waals surface area contributed by atoms with Crippen LogP contribution in [0.2, 0.25) is 0 Å². The average molecular weight is 281 g/mol. The molecule has 1 aromatic carbocycles. The van der Waals surface area contributed by atoms with Crippen molar-refractivity contribution in [2.45, 2.75) is 13.0 Å². The maximum absolute atomic E-state index is 13.6. The third-order valence-electron chi connectivity index (χ3n) is 2.75. The number of halogens is 2. The van der Waals surface area contributed by atoms with Crippen LogP contribution in [0.5, 0.6) is 0 Å². The largest absolute Gasteiger partial charge is 0.478 e. The van der Waals surface area contributed by atoms with E-state index < -0.39 is 23.2 Å². The van der Waals surface area contributed by atoms with Crippen molar-refractivity contribution < 1.29 is 18.7 Å². The smallest absolute Gasteiger partial charge is 0.338 e. The van der Waals surface area contributed by atoms with Gasteiger partial charge < -0.3 is 10.4 Å². The van der Waals surface area contributed by atoms with Crippen molar-refractivity contribution in [1.29, 1.82) is 0 Å². The lowest BCUT2D eigenvalue weighted by Gasteiger charge is -2.09. The van der Waals surface area contributed by atoms with Gasteiger partial charge in [0.05, 0.1) is 11.3 Å². The maximum Gasteiger partial charge on any atom is 0.338 e. The number of aryl methyl sites for hydroxylation is 1. The Morgan fingerprint density at radius 2 is 2.15 bits per heavy atom. The standard InChI is InChI=1S/C13H13F2N3O2/c14-11-9(13(19)20)3-4-10(12(11)15)16-5-1-7-18-8-2-6-17-18/h2-4,6,8,16H,1,5,7H2,(H,19,20). The molecule has 0 saturated carbocycles. The van der Waals surface area contributed by atoms with Crippen LogP contribution in [-0.4, -0.2) is 27.4 Å². The Kier molecular flexibility index (Phi) is 4.29. The zero-order valence-corrected chi connectivity index (χ0v) is 10.5. The number of carboxylic acids is 1. The summed E-state index contributed by atoms with van der Waals surface area (Å²) in [5.74, 6) is -4.02. The molecule has 0 fully saturated rings. The molecule has 0 aliphatic carbocycles. The van der Waals surface area contributed by atoms with Gasteiger partial charge in [0.1, 0.15) is 0 Å². The van der Waals surface area contributed by atoms with Crippen LogP contribution in [0.3, 0.4) is 0 Å². The van der Waals surface area contributed by atoms with Gasteiger partial charge in [-0.25, -0.2) is 13.6 Å². The summed E-state index contributed by atoms with van der Waals surface area (Å²) >= 11 is 0. The van der Waals surface area contributed by atoms with E-state index >= 15 is 0 Å². The minimum absolute atomic E-state index is 0.0482. The molecule has 0 spiro atoms. The normalized spacial score (nSPS) is 10.5. The lowest BCUT2D eigenvalue weighted by molar-refractivity contribution is 0.0690. The molecule has 0 aliphatic rings. The minimum Gasteiger partial charge on any atom is -0.478 e. The van der Waals surface area contributed by atoms with Gasteiger partial charge >= 0.3 is 5.97 Å². The van der Waals surface area contributed by atoms with Crippen LogP contribution < -0.4 is 5.32 Å². The molecule has 2 aromatic rings. The number of hydrogen-bond donors (Lipinski definition) is 2. The summed E-state index contributed by atoms with van der Waals surface area (Å²) in [5.41, 5.74) is -0.724. The Hall–Kier alpha value is -2.44. The van der Waals surface area contributed by atoms with Crippen LogP contribution in [-0.2, 0) is 6.54 Å². The Balaban J connectivity index is 1.93. The van der Waals surface area contributed by atoms with E-state index in [0.717, 1.165) is 6.07 Å². The molecule has 0 atom stereocenters. The first-order valence-corrected chi connectivity index (χ1v) is 6.02. The first-order chi connectivity index (χ1) is 9.59. The van der Waals surface area contributed by atoms with E-state index in [1.54, 1.807) is 16.9 Å². The molecule has 1 heterocycles. The van der Waals surface area contributed by atoms with Crippen LogP contribution in [0.25, 0.3) is 0 Å². The van der Waals surface area contributed by atoms with E-state index in [1.165, 1.54) is 6.07 Å². The first-order valence-electron chi connectivity index (χ1n) is 6.02. The summed E-state index contributed by atoms with van der Waals surface area (Å²) < 4.78 is 28.8. The van der Waals surface area contributed by atoms with Crippen molar-refractivity contribution in [3.05, 3.63) is 47.8 Å². The SMILES string of the molecule is O=C(O)c1ccc(NCCCn2cccn2)c(F)c1F. The van der Waals surface area contributed by atoms with Crippen molar-refractivity contribution in [2.24, 2.45) is 0 Å². The highest BCUT2D eigenvalue weighted by Crippen LogP contribution is 2.20. The number of carboxylic acid groups (broad SMARTS) is 1. The highest BCUT2D eigenvalue weighted by molar-refractivity contribution is 5.88. The predicted molar refractivity (Wildman–Crippen MR) is 68.7 cm³/mol. The second-order valence-electron chi connectivity index (χ2n) is 4.14. The Bertz CT molecular complexity index is 600. The number of rotatable bonds is 6. The fraction of sp³-hybridized carbons (Fsp3) is 0.231. The van der Waals surface area contributed by atoms with E-state index in [-0.39, 0.29) is 5.69 Å². The molecule has 2 rings (SSSR count).